The molecule has 1 amide bonds. The second kappa shape index (κ2) is 9.00. The smallest absolute Gasteiger partial charge is 0.416 e. The van der Waals surface area contributed by atoms with Crippen LogP contribution in [-0.2, 0) is 15.7 Å². The van der Waals surface area contributed by atoms with E-state index in [1.807, 2.05) is 4.90 Å². The number of amides is 1. The van der Waals surface area contributed by atoms with Crippen LogP contribution in [0.4, 0.5) is 28.9 Å². The van der Waals surface area contributed by atoms with Crippen LogP contribution in [0.1, 0.15) is 5.56 Å². The molecular formula is C19H17BrF4N2O3. The number of nitrogens with one attached hydrogen (secondary N) is 1. The summed E-state index contributed by atoms with van der Waals surface area (Å²) in [5.74, 6) is -0.887. The van der Waals surface area contributed by atoms with E-state index in [1.54, 1.807) is 0 Å². The molecule has 0 radical (unpaired) electrons. The molecule has 5 nitrogen and oxygen atoms in total. The van der Waals surface area contributed by atoms with E-state index < -0.39 is 30.1 Å². The average Bonchev–Trinajstić information content (AvgIpc) is 2.67. The number of nitrogens with zero attached hydrogens (tertiary/aromatic N) is 1. The molecule has 0 bridgehead atoms. The van der Waals surface area contributed by atoms with Crippen LogP contribution in [0.15, 0.2) is 40.9 Å². The number of hydrogen-bond donors (Lipinski definition) is 1. The number of halogens is 5. The van der Waals surface area contributed by atoms with Gasteiger partial charge in [0.15, 0.2) is 6.61 Å². The standard InChI is InChI=1S/C19H17BrF4N2O3/c20-14-10-13(21)2-4-17(14)29-11-18(27)25-15-9-12(19(22,23)24)1-3-16(15)26-5-7-28-8-6-26/h1-4,9-10H,5-8,11H2,(H,25,27). The lowest BCUT2D eigenvalue weighted by molar-refractivity contribution is -0.137. The van der Waals surface area contributed by atoms with Crippen LogP contribution in [0, 0.1) is 5.82 Å². The Morgan fingerprint density at radius 2 is 1.90 bits per heavy atom. The van der Waals surface area contributed by atoms with E-state index in [4.69, 9.17) is 9.47 Å². The van der Waals surface area contributed by atoms with Crippen molar-refractivity contribution in [1.82, 2.24) is 0 Å². The van der Waals surface area contributed by atoms with Gasteiger partial charge in [0.25, 0.3) is 5.91 Å². The van der Waals surface area contributed by atoms with E-state index in [1.165, 1.54) is 24.3 Å². The Labute approximate surface area is 172 Å². The highest BCUT2D eigenvalue weighted by molar-refractivity contribution is 9.10. The Balaban J connectivity index is 1.76. The monoisotopic (exact) mass is 476 g/mol. The number of carbonyl (C=O) groups excluding carboxylic acids is 1. The Morgan fingerprint density at radius 1 is 1.17 bits per heavy atom. The maximum Gasteiger partial charge on any atom is 0.416 e. The normalized spacial score (nSPS) is 14.6. The summed E-state index contributed by atoms with van der Waals surface area (Å²) in [6, 6.07) is 6.90. The Kier molecular flexibility index (Phi) is 6.63. The van der Waals surface area contributed by atoms with Crippen molar-refractivity contribution in [3.63, 3.8) is 0 Å². The van der Waals surface area contributed by atoms with Gasteiger partial charge < -0.3 is 19.7 Å². The topological polar surface area (TPSA) is 50.8 Å². The fourth-order valence-corrected chi connectivity index (χ4v) is 3.28. The summed E-state index contributed by atoms with van der Waals surface area (Å²) in [5, 5.41) is 2.49. The van der Waals surface area contributed by atoms with Crippen LogP contribution in [0.5, 0.6) is 5.75 Å². The van der Waals surface area contributed by atoms with Gasteiger partial charge in [0.05, 0.1) is 34.6 Å². The van der Waals surface area contributed by atoms with Gasteiger partial charge in [-0.15, -0.1) is 0 Å². The third kappa shape index (κ3) is 5.60. The minimum Gasteiger partial charge on any atom is -0.483 e. The molecule has 1 heterocycles. The maximum absolute atomic E-state index is 13.1. The van der Waals surface area contributed by atoms with Crippen LogP contribution in [-0.4, -0.2) is 38.8 Å². The number of ether oxygens (including phenoxy) is 2. The van der Waals surface area contributed by atoms with Crippen molar-refractivity contribution in [3.8, 4) is 5.75 Å². The molecule has 1 saturated heterocycles. The molecule has 1 aliphatic rings. The molecule has 0 aromatic heterocycles. The van der Waals surface area contributed by atoms with E-state index in [9.17, 15) is 22.4 Å². The van der Waals surface area contributed by atoms with Crippen molar-refractivity contribution >= 4 is 33.2 Å². The molecule has 3 rings (SSSR count). The van der Waals surface area contributed by atoms with Gasteiger partial charge >= 0.3 is 6.18 Å². The molecule has 1 N–H and O–H groups in total. The first-order valence-corrected chi connectivity index (χ1v) is 9.45. The number of anilines is 2. The number of carbonyl (C=O) groups is 1. The molecular weight excluding hydrogens is 460 g/mol. The lowest BCUT2D eigenvalue weighted by atomic mass is 10.1. The van der Waals surface area contributed by atoms with Gasteiger partial charge in [0.2, 0.25) is 0 Å². The molecule has 0 aliphatic carbocycles. The lowest BCUT2D eigenvalue weighted by Crippen LogP contribution is -2.37. The van der Waals surface area contributed by atoms with Crippen molar-refractivity contribution in [3.05, 3.63) is 52.3 Å². The zero-order valence-corrected chi connectivity index (χ0v) is 16.6. The first-order chi connectivity index (χ1) is 13.7. The molecule has 29 heavy (non-hydrogen) atoms. The minimum absolute atomic E-state index is 0.0356. The van der Waals surface area contributed by atoms with Crippen LogP contribution < -0.4 is 15.0 Å². The van der Waals surface area contributed by atoms with E-state index in [2.05, 4.69) is 21.2 Å². The molecule has 0 atom stereocenters. The quantitative estimate of drug-likeness (QED) is 0.647. The molecule has 10 heteroatoms. The first kappa shape index (κ1) is 21.4. The summed E-state index contributed by atoms with van der Waals surface area (Å²) in [6.45, 7) is 1.41. The van der Waals surface area contributed by atoms with Gasteiger partial charge in [0, 0.05) is 13.1 Å². The average molecular weight is 477 g/mol. The highest BCUT2D eigenvalue weighted by Crippen LogP contribution is 2.36. The minimum atomic E-state index is -4.54. The zero-order chi connectivity index (χ0) is 21.0. The molecule has 1 aliphatic heterocycles. The Bertz CT molecular complexity index is 886. The van der Waals surface area contributed by atoms with E-state index >= 15 is 0 Å². The van der Waals surface area contributed by atoms with Crippen molar-refractivity contribution in [1.29, 1.82) is 0 Å². The second-order valence-corrected chi connectivity index (χ2v) is 7.10. The third-order valence-electron chi connectivity index (χ3n) is 4.20. The maximum atomic E-state index is 13.1. The molecule has 2 aromatic carbocycles. The molecule has 0 saturated carbocycles. The summed E-state index contributed by atoms with van der Waals surface area (Å²) >= 11 is 3.12. The first-order valence-electron chi connectivity index (χ1n) is 8.65. The van der Waals surface area contributed by atoms with E-state index in [-0.39, 0.29) is 11.4 Å². The molecule has 1 fully saturated rings. The van der Waals surface area contributed by atoms with Crippen molar-refractivity contribution in [2.75, 3.05) is 43.1 Å². The van der Waals surface area contributed by atoms with Gasteiger partial charge in [0.1, 0.15) is 11.6 Å². The number of hydrogen-bond acceptors (Lipinski definition) is 4. The molecule has 156 valence electrons. The van der Waals surface area contributed by atoms with Crippen LogP contribution in [0.3, 0.4) is 0 Å². The Hall–Kier alpha value is -2.33. The van der Waals surface area contributed by atoms with Crippen molar-refractivity contribution in [2.45, 2.75) is 6.18 Å². The summed E-state index contributed by atoms with van der Waals surface area (Å²) in [5.41, 5.74) is -0.363. The largest absolute Gasteiger partial charge is 0.483 e. The summed E-state index contributed by atoms with van der Waals surface area (Å²) in [6.07, 6.45) is -4.54. The molecule has 0 spiro atoms. The lowest BCUT2D eigenvalue weighted by Gasteiger charge is -2.31. The van der Waals surface area contributed by atoms with Gasteiger partial charge in [-0.1, -0.05) is 0 Å². The molecule has 2 aromatic rings. The third-order valence-corrected chi connectivity index (χ3v) is 4.82. The zero-order valence-electron chi connectivity index (χ0n) is 15.1. The fourth-order valence-electron chi connectivity index (χ4n) is 2.81. The van der Waals surface area contributed by atoms with Gasteiger partial charge in [-0.25, -0.2) is 4.39 Å². The van der Waals surface area contributed by atoms with Gasteiger partial charge in [-0.2, -0.15) is 13.2 Å². The summed E-state index contributed by atoms with van der Waals surface area (Å²) in [4.78, 5) is 14.2. The number of alkyl halides is 3. The summed E-state index contributed by atoms with van der Waals surface area (Å²) in [7, 11) is 0. The van der Waals surface area contributed by atoms with Crippen LogP contribution in [0.25, 0.3) is 0 Å². The van der Waals surface area contributed by atoms with E-state index in [0.717, 1.165) is 12.1 Å². The van der Waals surface area contributed by atoms with Gasteiger partial charge in [-0.05, 0) is 52.3 Å². The highest BCUT2D eigenvalue weighted by Gasteiger charge is 2.32. The Morgan fingerprint density at radius 3 is 2.55 bits per heavy atom. The predicted octanol–water partition coefficient (Wildman–Crippen LogP) is 4.46. The highest BCUT2D eigenvalue weighted by atomic mass is 79.9. The van der Waals surface area contributed by atoms with Crippen LogP contribution >= 0.6 is 15.9 Å². The number of rotatable bonds is 5. The van der Waals surface area contributed by atoms with Crippen LogP contribution in [0.2, 0.25) is 0 Å². The van der Waals surface area contributed by atoms with Crippen molar-refractivity contribution < 1.29 is 31.8 Å². The number of benzene rings is 2. The van der Waals surface area contributed by atoms with E-state index in [0.29, 0.717) is 36.5 Å². The predicted molar refractivity (Wildman–Crippen MR) is 103 cm³/mol. The number of morpholine rings is 1. The fraction of sp³-hybridized carbons (Fsp3) is 0.316. The van der Waals surface area contributed by atoms with Gasteiger partial charge in [-0.3, -0.25) is 4.79 Å². The summed E-state index contributed by atoms with van der Waals surface area (Å²) < 4.78 is 63.4. The second-order valence-electron chi connectivity index (χ2n) is 6.24. The molecule has 0 unspecified atom stereocenters. The SMILES string of the molecule is O=C(COc1ccc(F)cc1Br)Nc1cc(C(F)(F)F)ccc1N1CCOCC1. The van der Waals surface area contributed by atoms with Crippen molar-refractivity contribution in [2.24, 2.45) is 0 Å².